The van der Waals surface area contributed by atoms with E-state index in [2.05, 4.69) is 20.8 Å². The lowest BCUT2D eigenvalue weighted by Crippen LogP contribution is -2.59. The molecule has 0 aromatic carbocycles. The van der Waals surface area contributed by atoms with Crippen molar-refractivity contribution in [3.05, 3.63) is 0 Å². The molecule has 3 fully saturated rings. The number of carboxylic acids is 1. The van der Waals surface area contributed by atoms with Gasteiger partial charge in [0.1, 0.15) is 0 Å². The number of hydrogen-bond acceptors (Lipinski definition) is 4. The number of carbonyl (C=O) groups is 1. The first kappa shape index (κ1) is 25.0. The lowest BCUT2D eigenvalue weighted by Gasteiger charge is -2.60. The second kappa shape index (κ2) is 9.30. The van der Waals surface area contributed by atoms with E-state index in [1.807, 2.05) is 6.92 Å². The fourth-order valence-corrected chi connectivity index (χ4v) is 8.16. The van der Waals surface area contributed by atoms with Gasteiger partial charge in [0.15, 0.2) is 0 Å². The molecule has 0 spiro atoms. The molecule has 11 atom stereocenters. The van der Waals surface area contributed by atoms with Gasteiger partial charge in [0.25, 0.3) is 0 Å². The molecule has 31 heavy (non-hydrogen) atoms. The Balaban J connectivity index is 1.83. The molecule has 0 saturated heterocycles. The molecular weight excluding hydrogens is 392 g/mol. The molecule has 180 valence electrons. The molecule has 3 unspecified atom stereocenters. The van der Waals surface area contributed by atoms with Gasteiger partial charge in [0, 0.05) is 0 Å². The number of rotatable bonds is 8. The molecule has 0 heterocycles. The van der Waals surface area contributed by atoms with Crippen molar-refractivity contribution in [2.24, 2.45) is 46.3 Å². The van der Waals surface area contributed by atoms with Crippen LogP contribution in [-0.2, 0) is 4.79 Å². The third-order valence-electron chi connectivity index (χ3n) is 10.2. The number of fused-ring (bicyclic) bond motifs is 3. The summed E-state index contributed by atoms with van der Waals surface area (Å²) in [6.07, 6.45) is 6.62. The van der Waals surface area contributed by atoms with Crippen molar-refractivity contribution in [1.82, 2.24) is 0 Å². The summed E-state index contributed by atoms with van der Waals surface area (Å²) in [4.78, 5) is 11.4. The SMILES string of the molecule is CC[C@H](O)CC[C@@]1(C)CC[C@@H](O)C2C1C[C@H](O)[C@@]1(C)C2CC[C@@H]1[C@H](C)C[C@@H](C)C(=O)O. The van der Waals surface area contributed by atoms with Gasteiger partial charge in [0.05, 0.1) is 24.2 Å². The van der Waals surface area contributed by atoms with Crippen molar-refractivity contribution in [2.75, 3.05) is 0 Å². The van der Waals surface area contributed by atoms with Gasteiger partial charge in [-0.05, 0) is 98.2 Å². The zero-order valence-corrected chi connectivity index (χ0v) is 20.3. The molecule has 5 nitrogen and oxygen atoms in total. The average Bonchev–Trinajstić information content (AvgIpc) is 3.08. The normalized spacial score (nSPS) is 45.4. The third-order valence-corrected chi connectivity index (χ3v) is 10.2. The Kier molecular flexibility index (Phi) is 7.50. The van der Waals surface area contributed by atoms with E-state index < -0.39 is 12.1 Å². The molecule has 0 amide bonds. The number of carboxylic acid groups (broad SMARTS) is 1. The van der Waals surface area contributed by atoms with E-state index in [1.165, 1.54) is 0 Å². The lowest BCUT2D eigenvalue weighted by atomic mass is 9.46. The minimum Gasteiger partial charge on any atom is -0.481 e. The van der Waals surface area contributed by atoms with E-state index in [1.54, 1.807) is 6.92 Å². The summed E-state index contributed by atoms with van der Waals surface area (Å²) < 4.78 is 0. The monoisotopic (exact) mass is 438 g/mol. The minimum absolute atomic E-state index is 0.0455. The number of aliphatic hydroxyl groups is 3. The van der Waals surface area contributed by atoms with Crippen LogP contribution in [0, 0.1) is 46.3 Å². The highest BCUT2D eigenvalue weighted by Crippen LogP contribution is 2.66. The summed E-state index contributed by atoms with van der Waals surface area (Å²) in [5, 5.41) is 42.2. The first-order chi connectivity index (χ1) is 14.5. The maximum Gasteiger partial charge on any atom is 0.306 e. The Morgan fingerprint density at radius 1 is 1.10 bits per heavy atom. The second-order valence-electron chi connectivity index (χ2n) is 11.9. The maximum absolute atomic E-state index is 11.5. The zero-order valence-electron chi connectivity index (χ0n) is 20.3. The molecule has 0 bridgehead atoms. The van der Waals surface area contributed by atoms with Crippen molar-refractivity contribution in [3.63, 3.8) is 0 Å². The van der Waals surface area contributed by atoms with Gasteiger partial charge in [-0.3, -0.25) is 4.79 Å². The van der Waals surface area contributed by atoms with Crippen LogP contribution in [0.15, 0.2) is 0 Å². The molecule has 3 rings (SSSR count). The fourth-order valence-electron chi connectivity index (χ4n) is 8.16. The Morgan fingerprint density at radius 2 is 1.77 bits per heavy atom. The lowest BCUT2D eigenvalue weighted by molar-refractivity contribution is -0.181. The van der Waals surface area contributed by atoms with Gasteiger partial charge in [-0.15, -0.1) is 0 Å². The highest BCUT2D eigenvalue weighted by atomic mass is 16.4. The predicted octanol–water partition coefficient (Wildman–Crippen LogP) is 4.47. The van der Waals surface area contributed by atoms with Crippen LogP contribution in [0.5, 0.6) is 0 Å². The van der Waals surface area contributed by atoms with Gasteiger partial charge in [0.2, 0.25) is 0 Å². The molecular formula is C26H46O5. The fraction of sp³-hybridized carbons (Fsp3) is 0.962. The molecule has 3 aliphatic rings. The Bertz CT molecular complexity index is 637. The summed E-state index contributed by atoms with van der Waals surface area (Å²) in [5.41, 5.74) is -0.217. The smallest absolute Gasteiger partial charge is 0.306 e. The summed E-state index contributed by atoms with van der Waals surface area (Å²) in [6, 6.07) is 0. The topological polar surface area (TPSA) is 98.0 Å². The molecule has 0 aromatic heterocycles. The van der Waals surface area contributed by atoms with Crippen molar-refractivity contribution < 1.29 is 25.2 Å². The first-order valence-electron chi connectivity index (χ1n) is 12.7. The Hall–Kier alpha value is -0.650. The summed E-state index contributed by atoms with van der Waals surface area (Å²) >= 11 is 0. The molecule has 0 aliphatic heterocycles. The summed E-state index contributed by atoms with van der Waals surface area (Å²) in [5.74, 6) is 0.153. The van der Waals surface area contributed by atoms with Crippen molar-refractivity contribution in [3.8, 4) is 0 Å². The molecule has 4 N–H and O–H groups in total. The molecule has 0 aromatic rings. The van der Waals surface area contributed by atoms with Crippen LogP contribution in [0.2, 0.25) is 0 Å². The van der Waals surface area contributed by atoms with E-state index in [0.717, 1.165) is 44.9 Å². The van der Waals surface area contributed by atoms with Gasteiger partial charge in [-0.1, -0.05) is 34.6 Å². The zero-order chi connectivity index (χ0) is 23.1. The number of aliphatic hydroxyl groups excluding tert-OH is 3. The van der Waals surface area contributed by atoms with E-state index in [-0.39, 0.29) is 58.5 Å². The van der Waals surface area contributed by atoms with Gasteiger partial charge in [-0.25, -0.2) is 0 Å². The highest BCUT2D eigenvalue weighted by molar-refractivity contribution is 5.69. The van der Waals surface area contributed by atoms with Crippen LogP contribution in [0.1, 0.15) is 92.4 Å². The first-order valence-corrected chi connectivity index (χ1v) is 12.7. The second-order valence-corrected chi connectivity index (χ2v) is 11.9. The molecule has 3 aliphatic carbocycles. The predicted molar refractivity (Wildman–Crippen MR) is 121 cm³/mol. The summed E-state index contributed by atoms with van der Waals surface area (Å²) in [6.45, 7) is 10.5. The number of aliphatic carboxylic acids is 1. The van der Waals surface area contributed by atoms with E-state index in [9.17, 15) is 25.2 Å². The van der Waals surface area contributed by atoms with Crippen LogP contribution >= 0.6 is 0 Å². The van der Waals surface area contributed by atoms with Crippen LogP contribution in [0.3, 0.4) is 0 Å². The maximum atomic E-state index is 11.5. The van der Waals surface area contributed by atoms with Gasteiger partial charge < -0.3 is 20.4 Å². The molecule has 0 radical (unpaired) electrons. The van der Waals surface area contributed by atoms with Crippen molar-refractivity contribution in [1.29, 1.82) is 0 Å². The molecule has 5 heteroatoms. The quantitative estimate of drug-likeness (QED) is 0.448. The Labute approximate surface area is 188 Å². The van der Waals surface area contributed by atoms with Crippen LogP contribution in [0.25, 0.3) is 0 Å². The van der Waals surface area contributed by atoms with E-state index in [0.29, 0.717) is 12.8 Å². The van der Waals surface area contributed by atoms with E-state index >= 15 is 0 Å². The molecule has 3 saturated carbocycles. The Morgan fingerprint density at radius 3 is 2.39 bits per heavy atom. The highest BCUT2D eigenvalue weighted by Gasteiger charge is 2.63. The van der Waals surface area contributed by atoms with Crippen molar-refractivity contribution >= 4 is 5.97 Å². The van der Waals surface area contributed by atoms with E-state index in [4.69, 9.17) is 0 Å². The third kappa shape index (κ3) is 4.44. The van der Waals surface area contributed by atoms with Crippen LogP contribution < -0.4 is 0 Å². The van der Waals surface area contributed by atoms with Gasteiger partial charge >= 0.3 is 5.97 Å². The van der Waals surface area contributed by atoms with Gasteiger partial charge in [-0.2, -0.15) is 0 Å². The largest absolute Gasteiger partial charge is 0.481 e. The number of hydrogen-bond donors (Lipinski definition) is 4. The summed E-state index contributed by atoms with van der Waals surface area (Å²) in [7, 11) is 0. The van der Waals surface area contributed by atoms with Crippen LogP contribution in [0.4, 0.5) is 0 Å². The standard InChI is InChI=1S/C26H46O5/c1-6-17(27)9-11-25(4)12-10-21(28)23-19-8-7-18(15(2)13-16(3)24(30)31)26(19,5)22(29)14-20(23)25/h15-23,27-29H,6-14H2,1-5H3,(H,30,31)/t15-,16-,17+,18-,19?,20?,21-,22+,23?,25+,26-/m1/s1. The average molecular weight is 439 g/mol. The van der Waals surface area contributed by atoms with Crippen molar-refractivity contribution in [2.45, 2.75) is 111 Å². The van der Waals surface area contributed by atoms with Crippen LogP contribution in [-0.4, -0.2) is 44.7 Å². The minimum atomic E-state index is -0.747.